The van der Waals surface area contributed by atoms with Gasteiger partial charge in [-0.25, -0.2) is 4.68 Å². The van der Waals surface area contributed by atoms with Crippen LogP contribution < -0.4 is 10.1 Å². The second-order valence-corrected chi connectivity index (χ2v) is 4.51. The lowest BCUT2D eigenvalue weighted by molar-refractivity contribution is -0.116. The Kier molecular flexibility index (Phi) is 5.28. The highest BCUT2D eigenvalue weighted by Gasteiger charge is 2.07. The van der Waals surface area contributed by atoms with E-state index in [0.717, 1.165) is 5.69 Å². The van der Waals surface area contributed by atoms with Gasteiger partial charge < -0.3 is 15.2 Å². The molecule has 1 aromatic carbocycles. The Labute approximate surface area is 122 Å². The molecule has 21 heavy (non-hydrogen) atoms. The van der Waals surface area contributed by atoms with Crippen LogP contribution in [0.1, 0.15) is 12.1 Å². The van der Waals surface area contributed by atoms with E-state index in [-0.39, 0.29) is 19.1 Å². The van der Waals surface area contributed by atoms with Crippen molar-refractivity contribution in [1.82, 2.24) is 15.0 Å². The maximum absolute atomic E-state index is 11.9. The first-order valence-electron chi connectivity index (χ1n) is 6.65. The zero-order valence-electron chi connectivity index (χ0n) is 11.8. The summed E-state index contributed by atoms with van der Waals surface area (Å²) >= 11 is 0. The fourth-order valence-electron chi connectivity index (χ4n) is 1.84. The molecule has 0 aliphatic rings. The number of nitrogens with zero attached hydrogens (tertiary/aromatic N) is 3. The summed E-state index contributed by atoms with van der Waals surface area (Å²) in [5.74, 6) is 0.488. The van der Waals surface area contributed by atoms with Crippen LogP contribution in [0.5, 0.6) is 5.75 Å². The Morgan fingerprint density at radius 3 is 3.10 bits per heavy atom. The predicted molar refractivity (Wildman–Crippen MR) is 77.1 cm³/mol. The Morgan fingerprint density at radius 1 is 1.48 bits per heavy atom. The van der Waals surface area contributed by atoms with Crippen LogP contribution in [0.25, 0.3) is 0 Å². The molecule has 7 heteroatoms. The summed E-state index contributed by atoms with van der Waals surface area (Å²) in [7, 11) is 1.57. The van der Waals surface area contributed by atoms with Crippen LogP contribution in [-0.4, -0.2) is 39.7 Å². The fourth-order valence-corrected chi connectivity index (χ4v) is 1.84. The van der Waals surface area contributed by atoms with Crippen molar-refractivity contribution in [1.29, 1.82) is 0 Å². The highest BCUT2D eigenvalue weighted by atomic mass is 16.5. The SMILES string of the molecule is COc1cccc(NC(=O)Cn2cc(CCCO)nn2)c1. The van der Waals surface area contributed by atoms with E-state index < -0.39 is 0 Å². The molecule has 0 aliphatic heterocycles. The molecular formula is C14H18N4O3. The molecular weight excluding hydrogens is 272 g/mol. The highest BCUT2D eigenvalue weighted by Crippen LogP contribution is 2.16. The number of ether oxygens (including phenoxy) is 1. The summed E-state index contributed by atoms with van der Waals surface area (Å²) in [6.45, 7) is 0.201. The number of carbonyl (C=O) groups is 1. The largest absolute Gasteiger partial charge is 0.497 e. The Balaban J connectivity index is 1.90. The van der Waals surface area contributed by atoms with Crippen molar-refractivity contribution in [3.63, 3.8) is 0 Å². The lowest BCUT2D eigenvalue weighted by atomic mass is 10.3. The number of anilines is 1. The van der Waals surface area contributed by atoms with Crippen LogP contribution in [0.4, 0.5) is 5.69 Å². The van der Waals surface area contributed by atoms with Gasteiger partial charge in [-0.2, -0.15) is 0 Å². The zero-order chi connectivity index (χ0) is 15.1. The molecule has 2 N–H and O–H groups in total. The Bertz CT molecular complexity index is 597. The van der Waals surface area contributed by atoms with Crippen LogP contribution in [0.15, 0.2) is 30.5 Å². The third kappa shape index (κ3) is 4.57. The van der Waals surface area contributed by atoms with Crippen LogP contribution in [0, 0.1) is 0 Å². The number of aromatic nitrogens is 3. The Morgan fingerprint density at radius 2 is 2.33 bits per heavy atom. The minimum Gasteiger partial charge on any atom is -0.497 e. The summed E-state index contributed by atoms with van der Waals surface area (Å²) in [6, 6.07) is 7.14. The lowest BCUT2D eigenvalue weighted by Gasteiger charge is -2.06. The van der Waals surface area contributed by atoms with E-state index in [1.807, 2.05) is 0 Å². The van der Waals surface area contributed by atoms with Crippen LogP contribution in [0.2, 0.25) is 0 Å². The number of nitrogens with one attached hydrogen (secondary N) is 1. The van der Waals surface area contributed by atoms with E-state index in [4.69, 9.17) is 9.84 Å². The normalized spacial score (nSPS) is 10.4. The molecule has 1 amide bonds. The van der Waals surface area contributed by atoms with Gasteiger partial charge in [0.25, 0.3) is 0 Å². The molecule has 0 saturated carbocycles. The molecule has 1 heterocycles. The number of carbonyl (C=O) groups excluding carboxylic acids is 1. The standard InChI is InChI=1S/C14H18N4O3/c1-21-13-6-2-4-11(8-13)15-14(20)10-18-9-12(16-17-18)5-3-7-19/h2,4,6,8-9,19H,3,5,7,10H2,1H3,(H,15,20). The van der Waals surface area contributed by atoms with E-state index in [0.29, 0.717) is 24.3 Å². The summed E-state index contributed by atoms with van der Waals surface area (Å²) in [6.07, 6.45) is 2.99. The van der Waals surface area contributed by atoms with Gasteiger partial charge in [0.1, 0.15) is 12.3 Å². The van der Waals surface area contributed by atoms with Crippen molar-refractivity contribution < 1.29 is 14.6 Å². The molecule has 0 aliphatic carbocycles. The molecule has 112 valence electrons. The number of hydrogen-bond acceptors (Lipinski definition) is 5. The fraction of sp³-hybridized carbons (Fsp3) is 0.357. The highest BCUT2D eigenvalue weighted by molar-refractivity contribution is 5.90. The van der Waals surface area contributed by atoms with Crippen molar-refractivity contribution in [3.8, 4) is 5.75 Å². The number of aliphatic hydroxyl groups excluding tert-OH is 1. The maximum Gasteiger partial charge on any atom is 0.246 e. The van der Waals surface area contributed by atoms with Crippen LogP contribution in [-0.2, 0) is 17.8 Å². The topological polar surface area (TPSA) is 89.3 Å². The van der Waals surface area contributed by atoms with Gasteiger partial charge in [-0.15, -0.1) is 5.10 Å². The predicted octanol–water partition coefficient (Wildman–Crippen LogP) is 0.850. The minimum atomic E-state index is -0.193. The van der Waals surface area contributed by atoms with E-state index >= 15 is 0 Å². The van der Waals surface area contributed by atoms with Crippen molar-refractivity contribution >= 4 is 11.6 Å². The van der Waals surface area contributed by atoms with Crippen molar-refractivity contribution in [3.05, 3.63) is 36.2 Å². The number of benzene rings is 1. The van der Waals surface area contributed by atoms with Crippen LogP contribution in [0.3, 0.4) is 0 Å². The number of hydrogen-bond donors (Lipinski definition) is 2. The zero-order valence-corrected chi connectivity index (χ0v) is 11.8. The molecule has 1 aromatic heterocycles. The first-order chi connectivity index (χ1) is 10.2. The second-order valence-electron chi connectivity index (χ2n) is 4.51. The second kappa shape index (κ2) is 7.39. The van der Waals surface area contributed by atoms with Crippen molar-refractivity contribution in [2.75, 3.05) is 19.0 Å². The smallest absolute Gasteiger partial charge is 0.246 e. The molecule has 0 saturated heterocycles. The van der Waals surface area contributed by atoms with Gasteiger partial charge in [-0.1, -0.05) is 11.3 Å². The van der Waals surface area contributed by atoms with Gasteiger partial charge in [0.15, 0.2) is 0 Å². The molecule has 7 nitrogen and oxygen atoms in total. The average Bonchev–Trinajstić information content (AvgIpc) is 2.92. The number of amides is 1. The quantitative estimate of drug-likeness (QED) is 0.789. The van der Waals surface area contributed by atoms with Gasteiger partial charge in [0, 0.05) is 24.6 Å². The van der Waals surface area contributed by atoms with Crippen molar-refractivity contribution in [2.45, 2.75) is 19.4 Å². The number of aliphatic hydroxyl groups is 1. The number of aryl methyl sites for hydroxylation is 1. The van der Waals surface area contributed by atoms with Gasteiger partial charge >= 0.3 is 0 Å². The number of methoxy groups -OCH3 is 1. The average molecular weight is 290 g/mol. The first-order valence-corrected chi connectivity index (χ1v) is 6.65. The van der Waals surface area contributed by atoms with Crippen LogP contribution >= 0.6 is 0 Å². The lowest BCUT2D eigenvalue weighted by Crippen LogP contribution is -2.19. The van der Waals surface area contributed by atoms with Gasteiger partial charge in [-0.3, -0.25) is 4.79 Å². The van der Waals surface area contributed by atoms with Gasteiger partial charge in [-0.05, 0) is 25.0 Å². The molecule has 0 spiro atoms. The molecule has 0 atom stereocenters. The molecule has 2 aromatic rings. The van der Waals surface area contributed by atoms with Gasteiger partial charge in [0.05, 0.1) is 12.8 Å². The van der Waals surface area contributed by atoms with E-state index in [2.05, 4.69) is 15.6 Å². The third-order valence-corrected chi connectivity index (χ3v) is 2.84. The van der Waals surface area contributed by atoms with Crippen molar-refractivity contribution in [2.24, 2.45) is 0 Å². The first kappa shape index (κ1) is 15.0. The number of rotatable bonds is 7. The molecule has 0 radical (unpaired) electrons. The molecule has 0 fully saturated rings. The van der Waals surface area contributed by atoms with E-state index in [9.17, 15) is 4.79 Å². The summed E-state index contributed by atoms with van der Waals surface area (Å²) in [5, 5.41) is 19.4. The summed E-state index contributed by atoms with van der Waals surface area (Å²) in [5.41, 5.74) is 1.43. The molecule has 0 bridgehead atoms. The maximum atomic E-state index is 11.9. The summed E-state index contributed by atoms with van der Waals surface area (Å²) < 4.78 is 6.57. The third-order valence-electron chi connectivity index (χ3n) is 2.84. The summed E-state index contributed by atoms with van der Waals surface area (Å²) in [4.78, 5) is 11.9. The Hall–Kier alpha value is -2.41. The van der Waals surface area contributed by atoms with E-state index in [1.165, 1.54) is 4.68 Å². The van der Waals surface area contributed by atoms with Gasteiger partial charge in [0.2, 0.25) is 5.91 Å². The molecule has 0 unspecified atom stereocenters. The molecule has 2 rings (SSSR count). The van der Waals surface area contributed by atoms with E-state index in [1.54, 1.807) is 37.6 Å². The minimum absolute atomic E-state index is 0.0866. The monoisotopic (exact) mass is 290 g/mol.